The van der Waals surface area contributed by atoms with Gasteiger partial charge in [-0.05, 0) is 48.7 Å². The predicted molar refractivity (Wildman–Crippen MR) is 148 cm³/mol. The molecule has 0 spiro atoms. The third-order valence-electron chi connectivity index (χ3n) is 6.67. The number of hydrogen-bond donors (Lipinski definition) is 0. The minimum absolute atomic E-state index is 0.864. The molecule has 0 amide bonds. The number of aromatic nitrogens is 1. The van der Waals surface area contributed by atoms with Crippen LogP contribution >= 0.6 is 11.3 Å². The summed E-state index contributed by atoms with van der Waals surface area (Å²) >= 11 is 1.85. The van der Waals surface area contributed by atoms with E-state index in [4.69, 9.17) is 0 Å². The van der Waals surface area contributed by atoms with Crippen LogP contribution in [0.15, 0.2) is 114 Å². The monoisotopic (exact) mass is 452 g/mol. The number of benzene rings is 5. The quantitative estimate of drug-likeness (QED) is 0.238. The molecule has 0 bridgehead atoms. The second-order valence-electron chi connectivity index (χ2n) is 8.54. The van der Waals surface area contributed by atoms with Crippen molar-refractivity contribution in [3.63, 3.8) is 0 Å². The third-order valence-corrected chi connectivity index (χ3v) is 7.81. The highest BCUT2D eigenvalue weighted by atomic mass is 32.1. The molecule has 0 fully saturated rings. The van der Waals surface area contributed by atoms with E-state index in [0.29, 0.717) is 0 Å². The lowest BCUT2D eigenvalue weighted by Gasteiger charge is -2.15. The Bertz CT molecular complexity index is 1830. The summed E-state index contributed by atoms with van der Waals surface area (Å²) in [6.07, 6.45) is 0. The van der Waals surface area contributed by atoms with E-state index in [2.05, 4.69) is 125 Å². The number of fused-ring (bicyclic) bond motifs is 6. The maximum atomic E-state index is 4.25. The topological polar surface area (TPSA) is 17.3 Å². The molecular formula is C31H20N2S. The molecule has 0 radical (unpaired) electrons. The number of aliphatic imine (C=N–C) groups is 1. The molecule has 0 N–H and O–H groups in total. The van der Waals surface area contributed by atoms with Gasteiger partial charge in [-0.3, -0.25) is 4.99 Å². The molecule has 5 aromatic carbocycles. The Kier molecular flexibility index (Phi) is 4.20. The summed E-state index contributed by atoms with van der Waals surface area (Å²) in [7, 11) is 0. The van der Waals surface area contributed by atoms with Crippen molar-refractivity contribution in [2.24, 2.45) is 4.99 Å². The zero-order valence-corrected chi connectivity index (χ0v) is 19.2. The molecule has 3 heteroatoms. The Hall–Kier alpha value is -4.21. The number of para-hydroxylation sites is 2. The van der Waals surface area contributed by atoms with Crippen molar-refractivity contribution >= 4 is 65.7 Å². The maximum absolute atomic E-state index is 4.25. The Morgan fingerprint density at radius 1 is 0.588 bits per heavy atom. The summed E-state index contributed by atoms with van der Waals surface area (Å²) in [5.74, 6) is 0. The third kappa shape index (κ3) is 2.77. The summed E-state index contributed by atoms with van der Waals surface area (Å²) in [5, 5.41) is 5.14. The lowest BCUT2D eigenvalue weighted by molar-refractivity contribution is 1.18. The summed E-state index contributed by atoms with van der Waals surface area (Å²) in [5.41, 5.74) is 6.74. The second kappa shape index (κ2) is 7.41. The summed E-state index contributed by atoms with van der Waals surface area (Å²) in [6.45, 7) is 3.79. The Balaban J connectivity index is 1.55. The molecule has 0 unspecified atom stereocenters. The van der Waals surface area contributed by atoms with E-state index in [9.17, 15) is 0 Å². The fourth-order valence-corrected chi connectivity index (χ4v) is 6.27. The molecule has 34 heavy (non-hydrogen) atoms. The molecule has 0 aliphatic rings. The van der Waals surface area contributed by atoms with Gasteiger partial charge in [0, 0.05) is 36.5 Å². The van der Waals surface area contributed by atoms with Crippen molar-refractivity contribution in [1.29, 1.82) is 0 Å². The molecule has 2 heterocycles. The highest BCUT2D eigenvalue weighted by Crippen LogP contribution is 2.40. The molecular weight excluding hydrogens is 432 g/mol. The fourth-order valence-electron chi connectivity index (χ4n) is 5.12. The SMILES string of the molecule is C=Nc1ccc(-c2ccc3c(c2)sc2ccccc23)c(-n2c3ccccc3c3ccccc32)c1. The molecule has 7 rings (SSSR count). The smallest absolute Gasteiger partial charge is 0.0643 e. The van der Waals surface area contributed by atoms with Crippen molar-refractivity contribution in [3.8, 4) is 16.8 Å². The number of rotatable bonds is 3. The van der Waals surface area contributed by atoms with E-state index in [-0.39, 0.29) is 0 Å². The number of hydrogen-bond acceptors (Lipinski definition) is 2. The van der Waals surface area contributed by atoms with Crippen LogP contribution in [0.1, 0.15) is 0 Å². The van der Waals surface area contributed by atoms with Gasteiger partial charge >= 0.3 is 0 Å². The average Bonchev–Trinajstić information content (AvgIpc) is 3.43. The number of nitrogens with zero attached hydrogens (tertiary/aromatic N) is 2. The first kappa shape index (κ1) is 19.3. The van der Waals surface area contributed by atoms with Crippen LogP contribution in [0.25, 0.3) is 58.8 Å². The van der Waals surface area contributed by atoms with Gasteiger partial charge in [0.15, 0.2) is 0 Å². The van der Waals surface area contributed by atoms with Gasteiger partial charge in [0.2, 0.25) is 0 Å². The minimum Gasteiger partial charge on any atom is -0.309 e. The van der Waals surface area contributed by atoms with Crippen LogP contribution in [-0.2, 0) is 0 Å². The van der Waals surface area contributed by atoms with Gasteiger partial charge in [-0.15, -0.1) is 11.3 Å². The Morgan fingerprint density at radius 2 is 1.24 bits per heavy atom. The first-order valence-electron chi connectivity index (χ1n) is 11.3. The maximum Gasteiger partial charge on any atom is 0.0643 e. The van der Waals surface area contributed by atoms with Gasteiger partial charge in [0.25, 0.3) is 0 Å². The zero-order valence-electron chi connectivity index (χ0n) is 18.4. The lowest BCUT2D eigenvalue weighted by atomic mass is 10.0. The molecule has 2 nitrogen and oxygen atoms in total. The van der Waals surface area contributed by atoms with Crippen LogP contribution in [0.2, 0.25) is 0 Å². The van der Waals surface area contributed by atoms with Crippen molar-refractivity contribution in [2.75, 3.05) is 0 Å². The van der Waals surface area contributed by atoms with Crippen LogP contribution < -0.4 is 0 Å². The standard InChI is InChI=1S/C31H20N2S/c1-32-21-15-17-22(20-14-16-26-25-10-4-7-13-30(25)34-31(26)18-20)29(19-21)33-27-11-5-2-8-23(27)24-9-3-6-12-28(24)33/h2-19H,1H2. The van der Waals surface area contributed by atoms with Gasteiger partial charge in [0.1, 0.15) is 0 Å². The van der Waals surface area contributed by atoms with Crippen LogP contribution in [-0.4, -0.2) is 11.3 Å². The van der Waals surface area contributed by atoms with E-state index < -0.39 is 0 Å². The van der Waals surface area contributed by atoms with E-state index in [0.717, 1.165) is 11.4 Å². The summed E-state index contributed by atoms with van der Waals surface area (Å²) < 4.78 is 4.99. The molecule has 0 aliphatic heterocycles. The van der Waals surface area contributed by atoms with Crippen LogP contribution in [0, 0.1) is 0 Å². The highest BCUT2D eigenvalue weighted by Gasteiger charge is 2.16. The van der Waals surface area contributed by atoms with Gasteiger partial charge in [0.05, 0.1) is 22.4 Å². The van der Waals surface area contributed by atoms with Gasteiger partial charge in [-0.2, -0.15) is 0 Å². The summed E-state index contributed by atoms with van der Waals surface area (Å²) in [4.78, 5) is 4.25. The van der Waals surface area contributed by atoms with Crippen molar-refractivity contribution in [3.05, 3.63) is 109 Å². The fraction of sp³-hybridized carbons (Fsp3) is 0. The Labute approximate surface area is 201 Å². The predicted octanol–water partition coefficient (Wildman–Crippen LogP) is 9.15. The zero-order chi connectivity index (χ0) is 22.6. The van der Waals surface area contributed by atoms with Gasteiger partial charge in [-0.25, -0.2) is 0 Å². The normalized spacial score (nSPS) is 11.6. The molecule has 2 aromatic heterocycles. The molecule has 160 valence electrons. The van der Waals surface area contributed by atoms with E-state index in [1.807, 2.05) is 11.3 Å². The Morgan fingerprint density at radius 3 is 1.97 bits per heavy atom. The van der Waals surface area contributed by atoms with Crippen LogP contribution in [0.3, 0.4) is 0 Å². The van der Waals surface area contributed by atoms with E-state index in [1.165, 1.54) is 53.1 Å². The highest BCUT2D eigenvalue weighted by molar-refractivity contribution is 7.25. The van der Waals surface area contributed by atoms with Gasteiger partial charge in [-0.1, -0.05) is 72.8 Å². The van der Waals surface area contributed by atoms with Crippen molar-refractivity contribution < 1.29 is 0 Å². The summed E-state index contributed by atoms with van der Waals surface area (Å²) in [6, 6.07) is 39.1. The minimum atomic E-state index is 0.864. The first-order chi connectivity index (χ1) is 16.8. The van der Waals surface area contributed by atoms with E-state index in [1.54, 1.807) is 0 Å². The molecule has 0 saturated heterocycles. The van der Waals surface area contributed by atoms with E-state index >= 15 is 0 Å². The number of thiophene rings is 1. The van der Waals surface area contributed by atoms with Crippen LogP contribution in [0.5, 0.6) is 0 Å². The van der Waals surface area contributed by atoms with Crippen molar-refractivity contribution in [2.45, 2.75) is 0 Å². The average molecular weight is 453 g/mol. The molecule has 0 atom stereocenters. The van der Waals surface area contributed by atoms with Crippen molar-refractivity contribution in [1.82, 2.24) is 4.57 Å². The van der Waals surface area contributed by atoms with Gasteiger partial charge < -0.3 is 4.57 Å². The van der Waals surface area contributed by atoms with Crippen LogP contribution in [0.4, 0.5) is 5.69 Å². The largest absolute Gasteiger partial charge is 0.309 e. The second-order valence-corrected chi connectivity index (χ2v) is 9.62. The molecule has 7 aromatic rings. The molecule has 0 aliphatic carbocycles. The lowest BCUT2D eigenvalue weighted by Crippen LogP contribution is -1.97. The molecule has 0 saturated carbocycles. The first-order valence-corrected chi connectivity index (χ1v) is 12.1.